The second kappa shape index (κ2) is 9.14. The zero-order valence-corrected chi connectivity index (χ0v) is 15.2. The number of nitrogens with one attached hydrogen (secondary N) is 1. The third-order valence-corrected chi connectivity index (χ3v) is 3.79. The summed E-state index contributed by atoms with van der Waals surface area (Å²) in [4.78, 5) is 35.6. The standard InChI is InChI=1S/C20H16N4O5/c21-11-10-14-6-8-16(9-7-14)22-17(25)13-28-18(26)12-24-20(27)29-19(23-24)15-4-2-1-3-5-15/h1-9H,10,12-13H2,(H,22,25). The average molecular weight is 392 g/mol. The number of hydrogen-bond donors (Lipinski definition) is 1. The van der Waals surface area contributed by atoms with Crippen LogP contribution in [0.2, 0.25) is 0 Å². The number of carbonyl (C=O) groups excluding carboxylic acids is 2. The Balaban J connectivity index is 1.51. The summed E-state index contributed by atoms with van der Waals surface area (Å²) in [6, 6.07) is 17.5. The molecule has 0 saturated heterocycles. The van der Waals surface area contributed by atoms with Crippen LogP contribution in [0.4, 0.5) is 5.69 Å². The summed E-state index contributed by atoms with van der Waals surface area (Å²) < 4.78 is 10.7. The highest BCUT2D eigenvalue weighted by atomic mass is 16.5. The van der Waals surface area contributed by atoms with Gasteiger partial charge in [0, 0.05) is 11.3 Å². The number of aromatic nitrogens is 2. The summed E-state index contributed by atoms with van der Waals surface area (Å²) in [5.74, 6) is -2.06. The van der Waals surface area contributed by atoms with Gasteiger partial charge in [0.1, 0.15) is 6.54 Å². The molecular formula is C20H16N4O5. The fourth-order valence-corrected chi connectivity index (χ4v) is 2.41. The van der Waals surface area contributed by atoms with Crippen LogP contribution in [0.3, 0.4) is 0 Å². The molecule has 29 heavy (non-hydrogen) atoms. The number of anilines is 1. The van der Waals surface area contributed by atoms with Crippen LogP contribution >= 0.6 is 0 Å². The number of rotatable bonds is 7. The average Bonchev–Trinajstić information content (AvgIpc) is 3.09. The number of nitrogens with zero attached hydrogens (tertiary/aromatic N) is 3. The summed E-state index contributed by atoms with van der Waals surface area (Å²) in [6.45, 7) is -0.998. The predicted molar refractivity (Wildman–Crippen MR) is 102 cm³/mol. The fourth-order valence-electron chi connectivity index (χ4n) is 2.41. The normalized spacial score (nSPS) is 10.2. The lowest BCUT2D eigenvalue weighted by Crippen LogP contribution is -2.26. The zero-order chi connectivity index (χ0) is 20.6. The van der Waals surface area contributed by atoms with Crippen LogP contribution in [-0.2, 0) is 27.3 Å². The van der Waals surface area contributed by atoms with E-state index in [1.54, 1.807) is 48.5 Å². The minimum Gasteiger partial charge on any atom is -0.454 e. The number of hydrogen-bond acceptors (Lipinski definition) is 7. The van der Waals surface area contributed by atoms with Gasteiger partial charge < -0.3 is 14.5 Å². The third kappa shape index (κ3) is 5.40. The molecule has 9 heteroatoms. The molecular weight excluding hydrogens is 376 g/mol. The van der Waals surface area contributed by atoms with E-state index < -0.39 is 30.8 Å². The van der Waals surface area contributed by atoms with Crippen molar-refractivity contribution in [2.45, 2.75) is 13.0 Å². The van der Waals surface area contributed by atoms with Crippen LogP contribution in [0.25, 0.3) is 11.5 Å². The topological polar surface area (TPSA) is 127 Å². The highest BCUT2D eigenvalue weighted by Gasteiger charge is 2.15. The van der Waals surface area contributed by atoms with Crippen LogP contribution in [0.5, 0.6) is 0 Å². The van der Waals surface area contributed by atoms with Crippen molar-refractivity contribution in [3.8, 4) is 17.5 Å². The van der Waals surface area contributed by atoms with Gasteiger partial charge in [0.15, 0.2) is 6.61 Å². The van der Waals surface area contributed by atoms with E-state index in [4.69, 9.17) is 14.4 Å². The Morgan fingerprint density at radius 1 is 1.14 bits per heavy atom. The maximum absolute atomic E-state index is 11.9. The van der Waals surface area contributed by atoms with Crippen molar-refractivity contribution in [2.24, 2.45) is 0 Å². The van der Waals surface area contributed by atoms with Crippen molar-refractivity contribution in [3.05, 3.63) is 70.7 Å². The minimum atomic E-state index is -0.806. The molecule has 3 aromatic rings. The summed E-state index contributed by atoms with van der Waals surface area (Å²) >= 11 is 0. The Morgan fingerprint density at radius 2 is 1.86 bits per heavy atom. The van der Waals surface area contributed by atoms with Crippen molar-refractivity contribution < 1.29 is 18.7 Å². The second-order valence-electron chi connectivity index (χ2n) is 5.94. The molecule has 0 bridgehead atoms. The van der Waals surface area contributed by atoms with E-state index in [1.807, 2.05) is 12.1 Å². The SMILES string of the molecule is N#CCc1ccc(NC(=O)COC(=O)Cn2nc(-c3ccccc3)oc2=O)cc1. The predicted octanol–water partition coefficient (Wildman–Crippen LogP) is 1.75. The molecule has 1 aromatic heterocycles. The molecule has 0 unspecified atom stereocenters. The number of amides is 1. The highest BCUT2D eigenvalue weighted by Crippen LogP contribution is 2.14. The number of nitriles is 1. The van der Waals surface area contributed by atoms with Crippen LogP contribution in [0.15, 0.2) is 63.8 Å². The molecule has 0 aliphatic carbocycles. The Morgan fingerprint density at radius 3 is 2.55 bits per heavy atom. The monoisotopic (exact) mass is 392 g/mol. The van der Waals surface area contributed by atoms with E-state index >= 15 is 0 Å². The molecule has 0 fully saturated rings. The van der Waals surface area contributed by atoms with Gasteiger partial charge in [0.2, 0.25) is 5.89 Å². The number of ether oxygens (including phenoxy) is 1. The van der Waals surface area contributed by atoms with Gasteiger partial charge in [-0.1, -0.05) is 30.3 Å². The van der Waals surface area contributed by atoms with Crippen molar-refractivity contribution in [2.75, 3.05) is 11.9 Å². The summed E-state index contributed by atoms with van der Waals surface area (Å²) in [5.41, 5.74) is 1.93. The van der Waals surface area contributed by atoms with Gasteiger partial charge in [-0.15, -0.1) is 5.10 Å². The maximum atomic E-state index is 11.9. The lowest BCUT2D eigenvalue weighted by Gasteiger charge is -2.06. The molecule has 146 valence electrons. The van der Waals surface area contributed by atoms with Gasteiger partial charge >= 0.3 is 11.7 Å². The lowest BCUT2D eigenvalue weighted by molar-refractivity contribution is -0.148. The summed E-state index contributed by atoms with van der Waals surface area (Å²) in [5, 5.41) is 15.2. The maximum Gasteiger partial charge on any atom is 0.437 e. The van der Waals surface area contributed by atoms with Gasteiger partial charge in [-0.3, -0.25) is 9.59 Å². The van der Waals surface area contributed by atoms with Gasteiger partial charge in [-0.2, -0.15) is 9.94 Å². The molecule has 1 N–H and O–H groups in total. The minimum absolute atomic E-state index is 0.0842. The van der Waals surface area contributed by atoms with Gasteiger partial charge in [0.25, 0.3) is 5.91 Å². The molecule has 0 radical (unpaired) electrons. The number of benzene rings is 2. The third-order valence-electron chi connectivity index (χ3n) is 3.79. The van der Waals surface area contributed by atoms with Gasteiger partial charge in [0.05, 0.1) is 12.5 Å². The van der Waals surface area contributed by atoms with E-state index in [1.165, 1.54) is 0 Å². The first-order valence-electron chi connectivity index (χ1n) is 8.60. The second-order valence-corrected chi connectivity index (χ2v) is 5.94. The lowest BCUT2D eigenvalue weighted by atomic mass is 10.1. The van der Waals surface area contributed by atoms with E-state index in [0.29, 0.717) is 11.3 Å². The summed E-state index contributed by atoms with van der Waals surface area (Å²) in [7, 11) is 0. The molecule has 0 spiro atoms. The van der Waals surface area contributed by atoms with E-state index in [0.717, 1.165) is 10.2 Å². The number of esters is 1. The molecule has 0 atom stereocenters. The van der Waals surface area contributed by atoms with Gasteiger partial charge in [-0.25, -0.2) is 4.79 Å². The molecule has 2 aromatic carbocycles. The zero-order valence-electron chi connectivity index (χ0n) is 15.2. The molecule has 3 rings (SSSR count). The highest BCUT2D eigenvalue weighted by molar-refractivity contribution is 5.92. The van der Waals surface area contributed by atoms with Crippen LogP contribution in [0, 0.1) is 11.3 Å². The smallest absolute Gasteiger partial charge is 0.437 e. The van der Waals surface area contributed by atoms with E-state index in [2.05, 4.69) is 10.4 Å². The van der Waals surface area contributed by atoms with E-state index in [9.17, 15) is 14.4 Å². The van der Waals surface area contributed by atoms with Crippen LogP contribution < -0.4 is 11.1 Å². The largest absolute Gasteiger partial charge is 0.454 e. The Kier molecular flexibility index (Phi) is 6.17. The molecule has 1 heterocycles. The first-order valence-corrected chi connectivity index (χ1v) is 8.60. The van der Waals surface area contributed by atoms with E-state index in [-0.39, 0.29) is 12.3 Å². The van der Waals surface area contributed by atoms with Crippen LogP contribution in [0.1, 0.15) is 5.56 Å². The van der Waals surface area contributed by atoms with Crippen molar-refractivity contribution in [1.29, 1.82) is 5.26 Å². The first-order chi connectivity index (χ1) is 14.0. The molecule has 0 saturated carbocycles. The molecule has 0 aliphatic rings. The van der Waals surface area contributed by atoms with Crippen LogP contribution in [-0.4, -0.2) is 28.3 Å². The fraction of sp³-hybridized carbons (Fsp3) is 0.150. The Labute approximate surface area is 165 Å². The molecule has 1 amide bonds. The summed E-state index contributed by atoms with van der Waals surface area (Å²) in [6.07, 6.45) is 0.277. The quantitative estimate of drug-likeness (QED) is 0.607. The van der Waals surface area contributed by atoms with Crippen molar-refractivity contribution in [1.82, 2.24) is 9.78 Å². The molecule has 0 aliphatic heterocycles. The Hall–Kier alpha value is -4.19. The van der Waals surface area contributed by atoms with Crippen molar-refractivity contribution >= 4 is 17.6 Å². The number of carbonyl (C=O) groups is 2. The van der Waals surface area contributed by atoms with Crippen molar-refractivity contribution in [3.63, 3.8) is 0 Å². The molecule has 9 nitrogen and oxygen atoms in total. The van der Waals surface area contributed by atoms with Gasteiger partial charge in [-0.05, 0) is 29.8 Å². The Bertz CT molecular complexity index is 1090. The first kappa shape index (κ1) is 19.6.